The van der Waals surface area contributed by atoms with Gasteiger partial charge >= 0.3 is 11.9 Å². The first-order valence-corrected chi connectivity index (χ1v) is 6.53. The number of aryl methyl sites for hydroxylation is 1. The lowest BCUT2D eigenvalue weighted by atomic mass is 10.2. The lowest BCUT2D eigenvalue weighted by Gasteiger charge is -2.12. The van der Waals surface area contributed by atoms with E-state index in [0.717, 1.165) is 16.8 Å². The van der Waals surface area contributed by atoms with Crippen LogP contribution in [0, 0.1) is 6.92 Å². The molecule has 0 fully saturated rings. The highest BCUT2D eigenvalue weighted by Gasteiger charge is 2.04. The third kappa shape index (κ3) is 8.49. The van der Waals surface area contributed by atoms with Crippen LogP contribution in [0.1, 0.15) is 5.56 Å². The molecule has 0 spiro atoms. The van der Waals surface area contributed by atoms with E-state index in [-0.39, 0.29) is 0 Å². The van der Waals surface area contributed by atoms with Crippen molar-refractivity contribution in [1.82, 2.24) is 4.90 Å². The number of carboxylic acid groups (broad SMARTS) is 2. The second kappa shape index (κ2) is 9.33. The highest BCUT2D eigenvalue weighted by atomic mass is 79.9. The minimum Gasteiger partial charge on any atom is -0.491 e. The van der Waals surface area contributed by atoms with Crippen molar-refractivity contribution in [1.29, 1.82) is 0 Å². The Balaban J connectivity index is 0.000000511. The monoisotopic (exact) mass is 347 g/mol. The first-order valence-electron chi connectivity index (χ1n) is 5.74. The number of halogens is 1. The summed E-state index contributed by atoms with van der Waals surface area (Å²) in [5.74, 6) is -2.73. The van der Waals surface area contributed by atoms with Gasteiger partial charge in [0.05, 0.1) is 4.47 Å². The van der Waals surface area contributed by atoms with Gasteiger partial charge in [0.2, 0.25) is 0 Å². The first kappa shape index (κ1) is 18.4. The fourth-order valence-electron chi connectivity index (χ4n) is 1.06. The van der Waals surface area contributed by atoms with Crippen molar-refractivity contribution in [3.63, 3.8) is 0 Å². The third-order valence-corrected chi connectivity index (χ3v) is 2.69. The lowest BCUT2D eigenvalue weighted by Crippen LogP contribution is -2.19. The number of benzene rings is 1. The Labute approximate surface area is 126 Å². The van der Waals surface area contributed by atoms with Crippen LogP contribution in [0.3, 0.4) is 0 Å². The van der Waals surface area contributed by atoms with Gasteiger partial charge in [-0.15, -0.1) is 0 Å². The molecule has 0 aliphatic carbocycles. The Bertz CT molecular complexity index is 450. The normalized spacial score (nSPS) is 9.65. The van der Waals surface area contributed by atoms with E-state index < -0.39 is 11.9 Å². The zero-order valence-electron chi connectivity index (χ0n) is 11.6. The Morgan fingerprint density at radius 1 is 1.25 bits per heavy atom. The molecule has 0 atom stereocenters. The predicted molar refractivity (Wildman–Crippen MR) is 78.2 cm³/mol. The van der Waals surface area contributed by atoms with E-state index in [1.165, 1.54) is 5.56 Å². The summed E-state index contributed by atoms with van der Waals surface area (Å²) < 4.78 is 6.64. The molecule has 1 aromatic rings. The quantitative estimate of drug-likeness (QED) is 0.808. The molecule has 112 valence electrons. The van der Waals surface area contributed by atoms with Crippen LogP contribution < -0.4 is 4.74 Å². The molecule has 0 amide bonds. The number of rotatable bonds is 4. The first-order chi connectivity index (χ1) is 9.23. The van der Waals surface area contributed by atoms with Gasteiger partial charge in [-0.3, -0.25) is 0 Å². The van der Waals surface area contributed by atoms with Gasteiger partial charge in [0.1, 0.15) is 12.4 Å². The van der Waals surface area contributed by atoms with Gasteiger partial charge in [-0.2, -0.15) is 0 Å². The summed E-state index contributed by atoms with van der Waals surface area (Å²) in [5.41, 5.74) is 1.23. The fraction of sp³-hybridized carbons (Fsp3) is 0.385. The number of aliphatic carboxylic acids is 2. The molecule has 0 saturated heterocycles. The summed E-state index contributed by atoms with van der Waals surface area (Å²) in [4.78, 5) is 20.3. The van der Waals surface area contributed by atoms with E-state index in [0.29, 0.717) is 6.61 Å². The van der Waals surface area contributed by atoms with Crippen LogP contribution in [0.4, 0.5) is 0 Å². The van der Waals surface area contributed by atoms with Crippen LogP contribution in [-0.4, -0.2) is 54.3 Å². The molecule has 20 heavy (non-hydrogen) atoms. The van der Waals surface area contributed by atoms with Crippen LogP contribution in [0.15, 0.2) is 22.7 Å². The van der Waals surface area contributed by atoms with Gasteiger partial charge < -0.3 is 19.8 Å². The van der Waals surface area contributed by atoms with Crippen molar-refractivity contribution in [2.75, 3.05) is 27.2 Å². The summed E-state index contributed by atoms with van der Waals surface area (Å²) in [6.07, 6.45) is 0. The number of ether oxygens (including phenoxy) is 1. The van der Waals surface area contributed by atoms with Crippen LogP contribution in [0.25, 0.3) is 0 Å². The number of nitrogens with zero attached hydrogens (tertiary/aromatic N) is 1. The highest BCUT2D eigenvalue weighted by Crippen LogP contribution is 2.25. The SMILES string of the molecule is Cc1ccc(OCCN(C)C)c(Br)c1.O=C(O)C(=O)O. The van der Waals surface area contributed by atoms with E-state index in [1.807, 2.05) is 20.2 Å². The molecule has 0 unspecified atom stereocenters. The van der Waals surface area contributed by atoms with Gasteiger partial charge in [0.25, 0.3) is 0 Å². The Kier molecular flexibility index (Phi) is 8.58. The average molecular weight is 348 g/mol. The number of carbonyl (C=O) groups is 2. The van der Waals surface area contributed by atoms with Crippen molar-refractivity contribution >= 4 is 27.9 Å². The van der Waals surface area contributed by atoms with Crippen LogP contribution in [0.5, 0.6) is 5.75 Å². The third-order valence-electron chi connectivity index (χ3n) is 2.07. The lowest BCUT2D eigenvalue weighted by molar-refractivity contribution is -0.159. The number of hydrogen-bond donors (Lipinski definition) is 2. The molecule has 0 bridgehead atoms. The molecule has 0 aliphatic heterocycles. The van der Waals surface area contributed by atoms with Crippen molar-refractivity contribution < 1.29 is 24.5 Å². The van der Waals surface area contributed by atoms with Crippen LogP contribution >= 0.6 is 15.9 Å². The minimum atomic E-state index is -1.82. The standard InChI is InChI=1S/C11H16BrNO.C2H2O4/c1-9-4-5-11(10(12)8-9)14-7-6-13(2)3;3-1(4)2(5)6/h4-5,8H,6-7H2,1-3H3;(H,3,4)(H,5,6). The average Bonchev–Trinajstić information content (AvgIpc) is 2.32. The molecule has 2 N–H and O–H groups in total. The molecule has 0 radical (unpaired) electrons. The maximum absolute atomic E-state index is 9.10. The minimum absolute atomic E-state index is 0.717. The van der Waals surface area contributed by atoms with Crippen molar-refractivity contribution in [3.8, 4) is 5.75 Å². The molecule has 0 heterocycles. The smallest absolute Gasteiger partial charge is 0.414 e. The Morgan fingerprint density at radius 2 is 1.80 bits per heavy atom. The summed E-state index contributed by atoms with van der Waals surface area (Å²) in [6.45, 7) is 3.71. The van der Waals surface area contributed by atoms with Gasteiger partial charge in [-0.05, 0) is 54.6 Å². The summed E-state index contributed by atoms with van der Waals surface area (Å²) >= 11 is 3.48. The molecule has 0 aliphatic rings. The van der Waals surface area contributed by atoms with E-state index in [1.54, 1.807) is 0 Å². The predicted octanol–water partition coefficient (Wildman–Crippen LogP) is 1.85. The molecule has 0 saturated carbocycles. The molecule has 1 aromatic carbocycles. The largest absolute Gasteiger partial charge is 0.491 e. The molecule has 6 nitrogen and oxygen atoms in total. The molecular formula is C13H18BrNO5. The van der Waals surface area contributed by atoms with Gasteiger partial charge in [-0.1, -0.05) is 6.07 Å². The van der Waals surface area contributed by atoms with Crippen LogP contribution in [-0.2, 0) is 9.59 Å². The van der Waals surface area contributed by atoms with E-state index >= 15 is 0 Å². The van der Waals surface area contributed by atoms with Gasteiger partial charge in [0.15, 0.2) is 0 Å². The maximum atomic E-state index is 9.10. The Hall–Kier alpha value is -1.60. The molecule has 0 aromatic heterocycles. The summed E-state index contributed by atoms with van der Waals surface area (Å²) in [7, 11) is 4.07. The molecular weight excluding hydrogens is 330 g/mol. The topological polar surface area (TPSA) is 87.1 Å². The summed E-state index contributed by atoms with van der Waals surface area (Å²) in [5, 5.41) is 14.8. The fourth-order valence-corrected chi connectivity index (χ4v) is 1.67. The summed E-state index contributed by atoms with van der Waals surface area (Å²) in [6, 6.07) is 6.11. The number of likely N-dealkylation sites (N-methyl/N-ethyl adjacent to an activating group) is 1. The molecule has 1 rings (SSSR count). The van der Waals surface area contributed by atoms with Crippen LogP contribution in [0.2, 0.25) is 0 Å². The van der Waals surface area contributed by atoms with E-state index in [9.17, 15) is 0 Å². The van der Waals surface area contributed by atoms with Crippen molar-refractivity contribution in [2.24, 2.45) is 0 Å². The molecule has 7 heteroatoms. The van der Waals surface area contributed by atoms with Crippen molar-refractivity contribution in [3.05, 3.63) is 28.2 Å². The van der Waals surface area contributed by atoms with E-state index in [4.69, 9.17) is 24.5 Å². The van der Waals surface area contributed by atoms with Gasteiger partial charge in [-0.25, -0.2) is 9.59 Å². The van der Waals surface area contributed by atoms with Gasteiger partial charge in [0, 0.05) is 6.54 Å². The second-order valence-corrected chi connectivity index (χ2v) is 5.05. The Morgan fingerprint density at radius 3 is 2.20 bits per heavy atom. The van der Waals surface area contributed by atoms with Crippen molar-refractivity contribution in [2.45, 2.75) is 6.92 Å². The van der Waals surface area contributed by atoms with E-state index in [2.05, 4.69) is 39.9 Å². The zero-order valence-corrected chi connectivity index (χ0v) is 13.2. The number of hydrogen-bond acceptors (Lipinski definition) is 4. The highest BCUT2D eigenvalue weighted by molar-refractivity contribution is 9.10. The number of carboxylic acids is 2. The second-order valence-electron chi connectivity index (χ2n) is 4.20. The maximum Gasteiger partial charge on any atom is 0.414 e. The zero-order chi connectivity index (χ0) is 15.7.